The van der Waals surface area contributed by atoms with E-state index in [2.05, 4.69) is 15.3 Å². The number of benzene rings is 2. The minimum absolute atomic E-state index is 0.357. The molecule has 1 unspecified atom stereocenters. The number of halogens is 3. The molecule has 2 aromatic heterocycles. The third-order valence-electron chi connectivity index (χ3n) is 4.99. The van der Waals surface area contributed by atoms with E-state index in [4.69, 9.17) is 0 Å². The Labute approximate surface area is 176 Å². The van der Waals surface area contributed by atoms with Gasteiger partial charge in [-0.15, -0.1) is 0 Å². The van der Waals surface area contributed by atoms with Crippen molar-refractivity contribution in [3.8, 4) is 11.3 Å². The van der Waals surface area contributed by atoms with E-state index >= 15 is 0 Å². The van der Waals surface area contributed by atoms with Gasteiger partial charge in [-0.05, 0) is 36.8 Å². The summed E-state index contributed by atoms with van der Waals surface area (Å²) in [5.41, 5.74) is 2.04. The van der Waals surface area contributed by atoms with Crippen molar-refractivity contribution < 1.29 is 18.0 Å². The summed E-state index contributed by atoms with van der Waals surface area (Å²) in [4.78, 5) is 21.8. The Morgan fingerprint density at radius 3 is 2.52 bits per heavy atom. The fraction of sp³-hybridized carbons (Fsp3) is 0.125. The molecule has 156 valence electrons. The predicted octanol–water partition coefficient (Wildman–Crippen LogP) is 5.81. The van der Waals surface area contributed by atoms with Crippen LogP contribution in [0.15, 0.2) is 79.1 Å². The van der Waals surface area contributed by atoms with Crippen LogP contribution in [0.3, 0.4) is 0 Å². The van der Waals surface area contributed by atoms with Gasteiger partial charge in [0.1, 0.15) is 0 Å². The number of nitrogens with one attached hydrogen (secondary N) is 1. The zero-order chi connectivity index (χ0) is 22.0. The predicted molar refractivity (Wildman–Crippen MR) is 112 cm³/mol. The first-order valence-electron chi connectivity index (χ1n) is 9.61. The lowest BCUT2D eigenvalue weighted by Gasteiger charge is -2.17. The van der Waals surface area contributed by atoms with Crippen LogP contribution in [0, 0.1) is 0 Å². The molecule has 0 aliphatic rings. The van der Waals surface area contributed by atoms with E-state index in [1.165, 1.54) is 6.07 Å². The van der Waals surface area contributed by atoms with Gasteiger partial charge in [0.15, 0.2) is 0 Å². The molecule has 2 aromatic carbocycles. The van der Waals surface area contributed by atoms with Gasteiger partial charge >= 0.3 is 6.18 Å². The molecule has 1 N–H and O–H groups in total. The monoisotopic (exact) mass is 421 g/mol. The van der Waals surface area contributed by atoms with Crippen LogP contribution in [0.4, 0.5) is 13.2 Å². The van der Waals surface area contributed by atoms with Crippen molar-refractivity contribution >= 4 is 16.8 Å². The maximum atomic E-state index is 13.1. The number of fused-ring (bicyclic) bond motifs is 1. The summed E-state index contributed by atoms with van der Waals surface area (Å²) in [6.45, 7) is 1.65. The number of alkyl halides is 3. The molecule has 4 aromatic rings. The number of carbonyl (C=O) groups is 1. The van der Waals surface area contributed by atoms with E-state index in [0.717, 1.165) is 17.7 Å². The Hall–Kier alpha value is -3.74. The smallest absolute Gasteiger partial charge is 0.345 e. The van der Waals surface area contributed by atoms with Gasteiger partial charge in [0.2, 0.25) is 0 Å². The van der Waals surface area contributed by atoms with Gasteiger partial charge in [-0.25, -0.2) is 4.98 Å². The van der Waals surface area contributed by atoms with E-state index in [1.807, 2.05) is 30.3 Å². The molecular formula is C24H18F3N3O. The molecule has 0 radical (unpaired) electrons. The minimum Gasteiger partial charge on any atom is -0.345 e. The highest BCUT2D eigenvalue weighted by Gasteiger charge is 2.30. The van der Waals surface area contributed by atoms with Gasteiger partial charge in [-0.1, -0.05) is 42.5 Å². The zero-order valence-electron chi connectivity index (χ0n) is 16.5. The largest absolute Gasteiger partial charge is 0.416 e. The quantitative estimate of drug-likeness (QED) is 0.453. The fourth-order valence-electron chi connectivity index (χ4n) is 3.36. The molecule has 0 saturated heterocycles. The number of pyridine rings is 2. The normalized spacial score (nSPS) is 12.5. The lowest BCUT2D eigenvalue weighted by atomic mass is 10.0. The Kier molecular flexibility index (Phi) is 5.42. The van der Waals surface area contributed by atoms with E-state index in [9.17, 15) is 18.0 Å². The molecule has 0 fully saturated rings. The summed E-state index contributed by atoms with van der Waals surface area (Å²) < 4.78 is 39.1. The summed E-state index contributed by atoms with van der Waals surface area (Å²) in [5.74, 6) is -0.414. The molecule has 2 heterocycles. The summed E-state index contributed by atoms with van der Waals surface area (Å²) in [6.07, 6.45) is -1.30. The van der Waals surface area contributed by atoms with Crippen LogP contribution in [-0.2, 0) is 6.18 Å². The van der Waals surface area contributed by atoms with Gasteiger partial charge in [0.05, 0.1) is 28.4 Å². The molecular weight excluding hydrogens is 403 g/mol. The summed E-state index contributed by atoms with van der Waals surface area (Å²) in [7, 11) is 0. The van der Waals surface area contributed by atoms with Crippen LogP contribution in [-0.4, -0.2) is 15.9 Å². The van der Waals surface area contributed by atoms with Crippen molar-refractivity contribution in [2.45, 2.75) is 19.1 Å². The number of rotatable bonds is 4. The number of hydrogen-bond acceptors (Lipinski definition) is 3. The van der Waals surface area contributed by atoms with Crippen molar-refractivity contribution in [3.63, 3.8) is 0 Å². The SMILES string of the molecule is CC(NC(=O)c1cc(-c2ccccc2)nc2ccncc12)c1cccc(C(F)(F)F)c1. The summed E-state index contributed by atoms with van der Waals surface area (Å²) in [6, 6.07) is 17.1. The lowest BCUT2D eigenvalue weighted by Crippen LogP contribution is -2.27. The highest BCUT2D eigenvalue weighted by Crippen LogP contribution is 2.31. The van der Waals surface area contributed by atoms with Gasteiger partial charge in [-0.3, -0.25) is 9.78 Å². The lowest BCUT2D eigenvalue weighted by molar-refractivity contribution is -0.137. The molecule has 0 saturated carbocycles. The van der Waals surface area contributed by atoms with Crippen molar-refractivity contribution in [2.75, 3.05) is 0 Å². The van der Waals surface area contributed by atoms with Crippen molar-refractivity contribution in [3.05, 3.63) is 95.8 Å². The molecule has 0 aliphatic heterocycles. The molecule has 4 rings (SSSR count). The number of aromatic nitrogens is 2. The Morgan fingerprint density at radius 1 is 1.00 bits per heavy atom. The van der Waals surface area contributed by atoms with Gasteiger partial charge < -0.3 is 5.32 Å². The van der Waals surface area contributed by atoms with E-state index in [0.29, 0.717) is 27.7 Å². The van der Waals surface area contributed by atoms with Crippen molar-refractivity contribution in [1.82, 2.24) is 15.3 Å². The average Bonchev–Trinajstić information content (AvgIpc) is 2.78. The second-order valence-electron chi connectivity index (χ2n) is 7.13. The molecule has 1 amide bonds. The third kappa shape index (κ3) is 4.40. The second-order valence-corrected chi connectivity index (χ2v) is 7.13. The Bertz CT molecular complexity index is 1240. The van der Waals surface area contributed by atoms with E-state index < -0.39 is 23.7 Å². The minimum atomic E-state index is -4.45. The molecule has 0 spiro atoms. The van der Waals surface area contributed by atoms with E-state index in [-0.39, 0.29) is 0 Å². The van der Waals surface area contributed by atoms with Crippen LogP contribution in [0.25, 0.3) is 22.2 Å². The highest BCUT2D eigenvalue weighted by atomic mass is 19.4. The third-order valence-corrected chi connectivity index (χ3v) is 4.99. The van der Waals surface area contributed by atoms with Gasteiger partial charge in [0, 0.05) is 23.3 Å². The van der Waals surface area contributed by atoms with Crippen LogP contribution in [0.1, 0.15) is 34.5 Å². The molecule has 0 aliphatic carbocycles. The molecule has 0 bridgehead atoms. The standard InChI is InChI=1S/C24H18F3N3O/c1-15(17-8-5-9-18(12-17)24(25,26)27)29-23(31)19-13-22(16-6-3-2-4-7-16)30-21-10-11-28-14-20(19)21/h2-15H,1H3,(H,29,31). The summed E-state index contributed by atoms with van der Waals surface area (Å²) >= 11 is 0. The van der Waals surface area contributed by atoms with Crippen LogP contribution in [0.5, 0.6) is 0 Å². The fourth-order valence-corrected chi connectivity index (χ4v) is 3.36. The second kappa shape index (κ2) is 8.18. The zero-order valence-corrected chi connectivity index (χ0v) is 16.5. The van der Waals surface area contributed by atoms with Gasteiger partial charge in [-0.2, -0.15) is 13.2 Å². The summed E-state index contributed by atoms with van der Waals surface area (Å²) in [5, 5.41) is 3.37. The average molecular weight is 421 g/mol. The number of amides is 1. The van der Waals surface area contributed by atoms with Gasteiger partial charge in [0.25, 0.3) is 5.91 Å². The molecule has 1 atom stereocenters. The number of hydrogen-bond donors (Lipinski definition) is 1. The Balaban J connectivity index is 1.69. The number of carbonyl (C=O) groups excluding carboxylic acids is 1. The van der Waals surface area contributed by atoms with Crippen molar-refractivity contribution in [2.24, 2.45) is 0 Å². The van der Waals surface area contributed by atoms with Crippen LogP contribution < -0.4 is 5.32 Å². The van der Waals surface area contributed by atoms with Crippen LogP contribution in [0.2, 0.25) is 0 Å². The first-order chi connectivity index (χ1) is 14.8. The molecule has 4 nitrogen and oxygen atoms in total. The highest BCUT2D eigenvalue weighted by molar-refractivity contribution is 6.07. The maximum Gasteiger partial charge on any atom is 0.416 e. The molecule has 7 heteroatoms. The van der Waals surface area contributed by atoms with Crippen molar-refractivity contribution in [1.29, 1.82) is 0 Å². The Morgan fingerprint density at radius 2 is 1.77 bits per heavy atom. The maximum absolute atomic E-state index is 13.1. The molecule has 31 heavy (non-hydrogen) atoms. The first-order valence-corrected chi connectivity index (χ1v) is 9.61. The topological polar surface area (TPSA) is 54.9 Å². The first kappa shape index (κ1) is 20.5. The van der Waals surface area contributed by atoms with E-state index in [1.54, 1.807) is 37.5 Å². The number of nitrogens with zero attached hydrogens (tertiary/aromatic N) is 2. The van der Waals surface area contributed by atoms with Crippen LogP contribution >= 0.6 is 0 Å².